The van der Waals surface area contributed by atoms with Crippen LogP contribution >= 0.6 is 27.7 Å². The van der Waals surface area contributed by atoms with Crippen molar-refractivity contribution in [2.75, 3.05) is 17.2 Å². The van der Waals surface area contributed by atoms with E-state index in [1.807, 2.05) is 17.0 Å². The molecule has 1 aliphatic rings. The molecule has 1 aromatic carbocycles. The van der Waals surface area contributed by atoms with Crippen LogP contribution in [-0.4, -0.2) is 18.2 Å². The van der Waals surface area contributed by atoms with Gasteiger partial charge in [0.2, 0.25) is 5.91 Å². The molecule has 0 fully saturated rings. The number of hydrogen-bond acceptors (Lipinski definition) is 2. The molecule has 2 rings (SSSR count). The smallest absolute Gasteiger partial charge is 0.237 e. The van der Waals surface area contributed by atoms with Gasteiger partial charge in [-0.1, -0.05) is 29.8 Å². The number of rotatable bonds is 3. The van der Waals surface area contributed by atoms with Gasteiger partial charge in [-0.25, -0.2) is 0 Å². The van der Waals surface area contributed by atoms with Crippen LogP contribution in [-0.2, 0) is 4.79 Å². The van der Waals surface area contributed by atoms with Gasteiger partial charge in [-0.3, -0.25) is 4.79 Å². The normalized spacial score (nSPS) is 15.3. The van der Waals surface area contributed by atoms with Gasteiger partial charge in [-0.15, -0.1) is 11.8 Å². The van der Waals surface area contributed by atoms with Crippen molar-refractivity contribution in [1.29, 1.82) is 0 Å². The number of halogens is 1. The van der Waals surface area contributed by atoms with Crippen molar-refractivity contribution in [3.8, 4) is 0 Å². The number of carbonyl (C=O) groups excluding carboxylic acids is 1. The molecular formula is C13H16BrNOS. The lowest BCUT2D eigenvalue weighted by atomic mass is 10.1. The summed E-state index contributed by atoms with van der Waals surface area (Å²) in [6, 6.07) is 6.15. The van der Waals surface area contributed by atoms with E-state index < -0.39 is 0 Å². The molecule has 17 heavy (non-hydrogen) atoms. The Morgan fingerprint density at radius 3 is 2.94 bits per heavy atom. The van der Waals surface area contributed by atoms with Gasteiger partial charge in [0.1, 0.15) is 0 Å². The fourth-order valence-corrected chi connectivity index (χ4v) is 3.07. The van der Waals surface area contributed by atoms with Gasteiger partial charge >= 0.3 is 0 Å². The summed E-state index contributed by atoms with van der Waals surface area (Å²) in [5.74, 6) is 1.40. The highest BCUT2D eigenvalue weighted by molar-refractivity contribution is 9.10. The van der Waals surface area contributed by atoms with Crippen LogP contribution in [0.15, 0.2) is 27.6 Å². The Labute approximate surface area is 115 Å². The van der Waals surface area contributed by atoms with E-state index in [0.717, 1.165) is 23.1 Å². The number of benzene rings is 1. The van der Waals surface area contributed by atoms with Gasteiger partial charge in [-0.2, -0.15) is 0 Å². The third-order valence-electron chi connectivity index (χ3n) is 2.79. The highest BCUT2D eigenvalue weighted by Gasteiger charge is 2.24. The molecule has 0 atom stereocenters. The summed E-state index contributed by atoms with van der Waals surface area (Å²) in [6.07, 6.45) is 1.04. The zero-order chi connectivity index (χ0) is 12.4. The quantitative estimate of drug-likeness (QED) is 0.842. The molecule has 1 heterocycles. The van der Waals surface area contributed by atoms with Crippen LogP contribution in [0.3, 0.4) is 0 Å². The molecule has 0 radical (unpaired) electrons. The maximum Gasteiger partial charge on any atom is 0.237 e. The summed E-state index contributed by atoms with van der Waals surface area (Å²) in [7, 11) is 0. The van der Waals surface area contributed by atoms with Crippen LogP contribution in [0.5, 0.6) is 0 Å². The number of amides is 1. The molecule has 1 amide bonds. The van der Waals surface area contributed by atoms with E-state index in [2.05, 4.69) is 35.8 Å². The lowest BCUT2D eigenvalue weighted by Gasteiger charge is -2.29. The first-order chi connectivity index (χ1) is 8.08. The van der Waals surface area contributed by atoms with Gasteiger partial charge < -0.3 is 4.90 Å². The predicted octanol–water partition coefficient (Wildman–Crippen LogP) is 3.93. The van der Waals surface area contributed by atoms with Crippen molar-refractivity contribution >= 4 is 39.3 Å². The molecule has 0 saturated carbocycles. The van der Waals surface area contributed by atoms with Crippen molar-refractivity contribution < 1.29 is 4.79 Å². The molecule has 0 saturated heterocycles. The van der Waals surface area contributed by atoms with E-state index in [1.165, 1.54) is 4.90 Å². The Hall–Kier alpha value is -0.480. The van der Waals surface area contributed by atoms with E-state index in [1.54, 1.807) is 11.8 Å². The van der Waals surface area contributed by atoms with E-state index in [4.69, 9.17) is 0 Å². The van der Waals surface area contributed by atoms with Crippen LogP contribution in [0.1, 0.15) is 20.3 Å². The second-order valence-electron chi connectivity index (χ2n) is 4.63. The first-order valence-electron chi connectivity index (χ1n) is 5.80. The Morgan fingerprint density at radius 1 is 1.47 bits per heavy atom. The second-order valence-corrected chi connectivity index (χ2v) is 6.56. The Kier molecular flexibility index (Phi) is 4.15. The summed E-state index contributed by atoms with van der Waals surface area (Å²) >= 11 is 5.10. The zero-order valence-electron chi connectivity index (χ0n) is 10.1. The van der Waals surface area contributed by atoms with Gasteiger partial charge in [0, 0.05) is 15.9 Å². The number of hydrogen-bond donors (Lipinski definition) is 0. The molecular weight excluding hydrogens is 298 g/mol. The van der Waals surface area contributed by atoms with Gasteiger partial charge in [0.05, 0.1) is 11.4 Å². The molecule has 2 nitrogen and oxygen atoms in total. The number of fused-ring (bicyclic) bond motifs is 1. The van der Waals surface area contributed by atoms with Crippen LogP contribution in [0.2, 0.25) is 0 Å². The summed E-state index contributed by atoms with van der Waals surface area (Å²) in [6.45, 7) is 5.19. The fourth-order valence-electron chi connectivity index (χ4n) is 1.81. The molecule has 0 aliphatic carbocycles. The number of thioether (sulfide) groups is 1. The molecule has 0 spiro atoms. The number of nitrogens with zero attached hydrogens (tertiary/aromatic N) is 1. The highest BCUT2D eigenvalue weighted by atomic mass is 79.9. The maximum atomic E-state index is 12.0. The van der Waals surface area contributed by atoms with Crippen LogP contribution in [0.4, 0.5) is 5.69 Å². The van der Waals surface area contributed by atoms with Crippen molar-refractivity contribution in [1.82, 2.24) is 0 Å². The minimum Gasteiger partial charge on any atom is -0.311 e. The minimum absolute atomic E-state index is 0.223. The first-order valence-corrected chi connectivity index (χ1v) is 7.58. The monoisotopic (exact) mass is 313 g/mol. The van der Waals surface area contributed by atoms with Gasteiger partial charge in [0.25, 0.3) is 0 Å². The molecule has 1 aromatic rings. The van der Waals surface area contributed by atoms with Crippen molar-refractivity contribution in [3.63, 3.8) is 0 Å². The topological polar surface area (TPSA) is 20.3 Å². The third-order valence-corrected chi connectivity index (χ3v) is 4.33. The molecule has 0 unspecified atom stereocenters. The predicted molar refractivity (Wildman–Crippen MR) is 76.7 cm³/mol. The molecule has 1 aliphatic heterocycles. The largest absolute Gasteiger partial charge is 0.311 e. The van der Waals surface area contributed by atoms with E-state index >= 15 is 0 Å². The second kappa shape index (κ2) is 5.44. The van der Waals surface area contributed by atoms with Crippen LogP contribution in [0.25, 0.3) is 0 Å². The summed E-state index contributed by atoms with van der Waals surface area (Å²) in [5.41, 5.74) is 1.06. The first kappa shape index (κ1) is 13.0. The van der Waals surface area contributed by atoms with E-state index in [0.29, 0.717) is 11.7 Å². The summed E-state index contributed by atoms with van der Waals surface area (Å²) in [4.78, 5) is 15.1. The zero-order valence-corrected chi connectivity index (χ0v) is 12.5. The Balaban J connectivity index is 2.26. The van der Waals surface area contributed by atoms with Crippen LogP contribution in [0, 0.1) is 5.92 Å². The van der Waals surface area contributed by atoms with Crippen molar-refractivity contribution in [3.05, 3.63) is 22.7 Å². The average molecular weight is 314 g/mol. The van der Waals surface area contributed by atoms with Crippen LogP contribution < -0.4 is 4.90 Å². The Bertz CT molecular complexity index is 433. The lowest BCUT2D eigenvalue weighted by Crippen LogP contribution is -2.36. The van der Waals surface area contributed by atoms with E-state index in [-0.39, 0.29) is 5.91 Å². The maximum absolute atomic E-state index is 12.0. The standard InChI is InChI=1S/C13H16BrNOS/c1-9(2)5-6-15-11-7-10(14)3-4-12(11)17-8-13(15)16/h3-4,7,9H,5-6,8H2,1-2H3. The average Bonchev–Trinajstić information content (AvgIpc) is 2.27. The van der Waals surface area contributed by atoms with Gasteiger partial charge in [-0.05, 0) is 30.5 Å². The molecule has 92 valence electrons. The molecule has 0 aromatic heterocycles. The molecule has 4 heteroatoms. The van der Waals surface area contributed by atoms with Crippen molar-refractivity contribution in [2.24, 2.45) is 5.92 Å². The van der Waals surface area contributed by atoms with E-state index in [9.17, 15) is 4.79 Å². The Morgan fingerprint density at radius 2 is 2.24 bits per heavy atom. The third kappa shape index (κ3) is 3.05. The SMILES string of the molecule is CC(C)CCN1C(=O)CSc2ccc(Br)cc21. The van der Waals surface area contributed by atoms with Crippen molar-refractivity contribution in [2.45, 2.75) is 25.2 Å². The molecule has 0 bridgehead atoms. The summed E-state index contributed by atoms with van der Waals surface area (Å²) in [5, 5.41) is 0. The minimum atomic E-state index is 0.223. The highest BCUT2D eigenvalue weighted by Crippen LogP contribution is 2.37. The summed E-state index contributed by atoms with van der Waals surface area (Å²) < 4.78 is 1.03. The number of anilines is 1. The number of carbonyl (C=O) groups is 1. The molecule has 0 N–H and O–H groups in total. The lowest BCUT2D eigenvalue weighted by molar-refractivity contribution is -0.116. The van der Waals surface area contributed by atoms with Gasteiger partial charge in [0.15, 0.2) is 0 Å². The fraction of sp³-hybridized carbons (Fsp3) is 0.462.